The van der Waals surface area contributed by atoms with Gasteiger partial charge in [-0.15, -0.1) is 0 Å². The second kappa shape index (κ2) is 4.10. The molecule has 1 heterocycles. The molecule has 1 aliphatic heterocycles. The van der Waals surface area contributed by atoms with Gasteiger partial charge in [0.1, 0.15) is 0 Å². The molecule has 0 atom stereocenters. The van der Waals surface area contributed by atoms with E-state index in [0.29, 0.717) is 5.56 Å². The highest BCUT2D eigenvalue weighted by atomic mass is 79.9. The summed E-state index contributed by atoms with van der Waals surface area (Å²) >= 11 is 3.56. The first kappa shape index (κ1) is 11.5. The Morgan fingerprint density at radius 3 is 2.69 bits per heavy atom. The zero-order chi connectivity index (χ0) is 11.8. The first-order valence-corrected chi connectivity index (χ1v) is 6.31. The molecule has 0 saturated carbocycles. The van der Waals surface area contributed by atoms with Gasteiger partial charge in [-0.1, -0.05) is 0 Å². The number of anilines is 1. The van der Waals surface area contributed by atoms with E-state index < -0.39 is 0 Å². The lowest BCUT2D eigenvalue weighted by Crippen LogP contribution is -2.38. The summed E-state index contributed by atoms with van der Waals surface area (Å²) in [6, 6.07) is 7.97. The lowest BCUT2D eigenvalue weighted by molar-refractivity contribution is 0.517. The molecule has 0 aliphatic carbocycles. The third-order valence-corrected chi connectivity index (χ3v) is 3.90. The van der Waals surface area contributed by atoms with Crippen LogP contribution in [0, 0.1) is 11.3 Å². The van der Waals surface area contributed by atoms with Gasteiger partial charge in [0, 0.05) is 16.6 Å². The van der Waals surface area contributed by atoms with E-state index in [2.05, 4.69) is 40.7 Å². The number of benzene rings is 1. The molecular weight excluding hydrogens is 264 g/mol. The number of nitrogens with zero attached hydrogens (tertiary/aromatic N) is 2. The van der Waals surface area contributed by atoms with E-state index in [0.717, 1.165) is 11.0 Å². The standard InChI is InChI=1S/C13H15BrN2/c1-13(2)6-3-7-16(13)12-5-4-10(9-15)8-11(12)14/h4-5,8H,3,6-7H2,1-2H3. The Morgan fingerprint density at radius 1 is 1.44 bits per heavy atom. The lowest BCUT2D eigenvalue weighted by atomic mass is 10.0. The highest BCUT2D eigenvalue weighted by Crippen LogP contribution is 2.37. The van der Waals surface area contributed by atoms with Gasteiger partial charge in [0.15, 0.2) is 0 Å². The molecule has 1 saturated heterocycles. The van der Waals surface area contributed by atoms with Crippen LogP contribution in [0.3, 0.4) is 0 Å². The summed E-state index contributed by atoms with van der Waals surface area (Å²) < 4.78 is 1.02. The van der Waals surface area contributed by atoms with Crippen molar-refractivity contribution in [3.63, 3.8) is 0 Å². The van der Waals surface area contributed by atoms with Crippen LogP contribution in [0.15, 0.2) is 22.7 Å². The molecule has 0 aromatic heterocycles. The van der Waals surface area contributed by atoms with E-state index in [-0.39, 0.29) is 5.54 Å². The van der Waals surface area contributed by atoms with Gasteiger partial charge in [-0.05, 0) is 60.8 Å². The summed E-state index contributed by atoms with van der Waals surface area (Å²) in [5.74, 6) is 0. The Morgan fingerprint density at radius 2 is 2.19 bits per heavy atom. The molecule has 2 rings (SSSR count). The van der Waals surface area contributed by atoms with Crippen LogP contribution in [0.5, 0.6) is 0 Å². The maximum Gasteiger partial charge on any atom is 0.0992 e. The van der Waals surface area contributed by atoms with Crippen LogP contribution in [0.4, 0.5) is 5.69 Å². The van der Waals surface area contributed by atoms with Crippen molar-refractivity contribution in [3.05, 3.63) is 28.2 Å². The first-order valence-electron chi connectivity index (χ1n) is 5.52. The average molecular weight is 279 g/mol. The minimum Gasteiger partial charge on any atom is -0.365 e. The third kappa shape index (κ3) is 1.94. The predicted octanol–water partition coefficient (Wildman–Crippen LogP) is 3.70. The van der Waals surface area contributed by atoms with Crippen molar-refractivity contribution >= 4 is 21.6 Å². The van der Waals surface area contributed by atoms with E-state index in [1.54, 1.807) is 0 Å². The van der Waals surface area contributed by atoms with Gasteiger partial charge < -0.3 is 4.90 Å². The zero-order valence-electron chi connectivity index (χ0n) is 9.63. The third-order valence-electron chi connectivity index (χ3n) is 3.27. The van der Waals surface area contributed by atoms with Crippen molar-refractivity contribution in [1.82, 2.24) is 0 Å². The quantitative estimate of drug-likeness (QED) is 0.783. The monoisotopic (exact) mass is 278 g/mol. The van der Waals surface area contributed by atoms with Crippen LogP contribution >= 0.6 is 15.9 Å². The van der Waals surface area contributed by atoms with Crippen LogP contribution in [0.25, 0.3) is 0 Å². The van der Waals surface area contributed by atoms with Gasteiger partial charge in [-0.3, -0.25) is 0 Å². The molecule has 0 N–H and O–H groups in total. The van der Waals surface area contributed by atoms with Crippen molar-refractivity contribution in [1.29, 1.82) is 5.26 Å². The molecule has 3 heteroatoms. The largest absolute Gasteiger partial charge is 0.365 e. The van der Waals surface area contributed by atoms with Crippen molar-refractivity contribution in [2.45, 2.75) is 32.2 Å². The fourth-order valence-electron chi connectivity index (χ4n) is 2.35. The number of rotatable bonds is 1. The Balaban J connectivity index is 2.38. The van der Waals surface area contributed by atoms with E-state index in [9.17, 15) is 0 Å². The Kier molecular flexibility index (Phi) is 2.94. The van der Waals surface area contributed by atoms with Crippen molar-refractivity contribution < 1.29 is 0 Å². The van der Waals surface area contributed by atoms with E-state index in [1.165, 1.54) is 18.5 Å². The van der Waals surface area contributed by atoms with Crippen LogP contribution in [-0.4, -0.2) is 12.1 Å². The molecule has 1 aliphatic rings. The summed E-state index contributed by atoms with van der Waals surface area (Å²) in [6.45, 7) is 5.63. The van der Waals surface area contributed by atoms with Gasteiger partial charge in [0.2, 0.25) is 0 Å². The van der Waals surface area contributed by atoms with Gasteiger partial charge in [0.25, 0.3) is 0 Å². The molecule has 0 unspecified atom stereocenters. The number of hydrogen-bond acceptors (Lipinski definition) is 2. The molecule has 16 heavy (non-hydrogen) atoms. The molecule has 1 aromatic carbocycles. The van der Waals surface area contributed by atoms with Crippen molar-refractivity contribution in [2.75, 3.05) is 11.4 Å². The highest BCUT2D eigenvalue weighted by molar-refractivity contribution is 9.10. The van der Waals surface area contributed by atoms with Crippen molar-refractivity contribution in [2.24, 2.45) is 0 Å². The zero-order valence-corrected chi connectivity index (χ0v) is 11.2. The normalized spacial score (nSPS) is 18.5. The molecule has 1 fully saturated rings. The summed E-state index contributed by atoms with van der Waals surface area (Å²) in [7, 11) is 0. The Labute approximate surface area is 105 Å². The van der Waals surface area contributed by atoms with Gasteiger partial charge in [0.05, 0.1) is 17.3 Å². The Bertz CT molecular complexity index is 446. The molecule has 2 nitrogen and oxygen atoms in total. The molecule has 1 aromatic rings. The maximum absolute atomic E-state index is 8.84. The maximum atomic E-state index is 8.84. The summed E-state index contributed by atoms with van der Waals surface area (Å²) in [5.41, 5.74) is 2.12. The van der Waals surface area contributed by atoms with E-state index in [1.807, 2.05) is 18.2 Å². The SMILES string of the molecule is CC1(C)CCCN1c1ccc(C#N)cc1Br. The molecule has 0 spiro atoms. The van der Waals surface area contributed by atoms with Crippen LogP contribution < -0.4 is 4.90 Å². The molecule has 84 valence electrons. The predicted molar refractivity (Wildman–Crippen MR) is 69.5 cm³/mol. The molecule has 0 bridgehead atoms. The smallest absolute Gasteiger partial charge is 0.0992 e. The topological polar surface area (TPSA) is 27.0 Å². The second-order valence-electron chi connectivity index (χ2n) is 4.85. The van der Waals surface area contributed by atoms with Gasteiger partial charge in [-0.25, -0.2) is 0 Å². The van der Waals surface area contributed by atoms with Crippen LogP contribution in [0.2, 0.25) is 0 Å². The first-order chi connectivity index (χ1) is 7.54. The number of hydrogen-bond donors (Lipinski definition) is 0. The fourth-order valence-corrected chi connectivity index (χ4v) is 2.94. The summed E-state index contributed by atoms with van der Waals surface area (Å²) in [4.78, 5) is 2.41. The summed E-state index contributed by atoms with van der Waals surface area (Å²) in [6.07, 6.45) is 2.46. The Hall–Kier alpha value is -1.01. The minimum atomic E-state index is 0.219. The van der Waals surface area contributed by atoms with Gasteiger partial charge in [-0.2, -0.15) is 5.26 Å². The van der Waals surface area contributed by atoms with Crippen molar-refractivity contribution in [3.8, 4) is 6.07 Å². The lowest BCUT2D eigenvalue weighted by Gasteiger charge is -2.34. The van der Waals surface area contributed by atoms with E-state index in [4.69, 9.17) is 5.26 Å². The van der Waals surface area contributed by atoms with E-state index >= 15 is 0 Å². The molecule has 0 radical (unpaired) electrons. The average Bonchev–Trinajstić information content (AvgIpc) is 2.58. The molecular formula is C13H15BrN2. The van der Waals surface area contributed by atoms with Gasteiger partial charge >= 0.3 is 0 Å². The highest BCUT2D eigenvalue weighted by Gasteiger charge is 2.32. The van der Waals surface area contributed by atoms with Crippen LogP contribution in [-0.2, 0) is 0 Å². The minimum absolute atomic E-state index is 0.219. The van der Waals surface area contributed by atoms with Crippen LogP contribution in [0.1, 0.15) is 32.3 Å². The summed E-state index contributed by atoms with van der Waals surface area (Å²) in [5, 5.41) is 8.84. The fraction of sp³-hybridized carbons (Fsp3) is 0.462. The number of nitriles is 1. The second-order valence-corrected chi connectivity index (χ2v) is 5.70. The molecule has 0 amide bonds. The number of halogens is 1.